The number of carboxylic acids is 1. The molecule has 3 atom stereocenters. The largest absolute Gasteiger partial charge is 0.480 e. The molecule has 0 spiro atoms. The third-order valence-electron chi connectivity index (χ3n) is 5.66. The predicted molar refractivity (Wildman–Crippen MR) is 84.6 cm³/mol. The Morgan fingerprint density at radius 2 is 2.00 bits per heavy atom. The van der Waals surface area contributed by atoms with Crippen LogP contribution in [0.3, 0.4) is 0 Å². The lowest BCUT2D eigenvalue weighted by Gasteiger charge is -2.27. The molecular formula is C16H31N3O2. The van der Waals surface area contributed by atoms with Crippen LogP contribution in [0.2, 0.25) is 0 Å². The molecule has 3 unspecified atom stereocenters. The van der Waals surface area contributed by atoms with Gasteiger partial charge in [0.15, 0.2) is 0 Å². The van der Waals surface area contributed by atoms with Gasteiger partial charge in [-0.2, -0.15) is 0 Å². The van der Waals surface area contributed by atoms with Crippen LogP contribution in [0.25, 0.3) is 0 Å². The Morgan fingerprint density at radius 3 is 2.67 bits per heavy atom. The molecule has 5 heteroatoms. The van der Waals surface area contributed by atoms with Crippen LogP contribution in [0, 0.1) is 0 Å². The zero-order valence-electron chi connectivity index (χ0n) is 13.8. The molecule has 2 N–H and O–H groups in total. The van der Waals surface area contributed by atoms with E-state index in [1.165, 1.54) is 32.4 Å². The maximum absolute atomic E-state index is 11.2. The van der Waals surface area contributed by atoms with E-state index in [2.05, 4.69) is 22.2 Å². The number of likely N-dealkylation sites (tertiary alicyclic amines) is 1. The van der Waals surface area contributed by atoms with Crippen LogP contribution in [-0.2, 0) is 4.79 Å². The molecule has 0 saturated carbocycles. The molecule has 2 rings (SSSR count). The third kappa shape index (κ3) is 3.96. The van der Waals surface area contributed by atoms with E-state index in [4.69, 9.17) is 0 Å². The van der Waals surface area contributed by atoms with E-state index in [0.29, 0.717) is 6.42 Å². The Labute approximate surface area is 128 Å². The number of rotatable bonds is 7. The molecule has 21 heavy (non-hydrogen) atoms. The smallest absolute Gasteiger partial charge is 0.323 e. The first-order valence-electron chi connectivity index (χ1n) is 8.33. The number of nitrogens with zero attached hydrogens (tertiary/aromatic N) is 2. The molecule has 0 aliphatic carbocycles. The second-order valence-electron chi connectivity index (χ2n) is 6.98. The lowest BCUT2D eigenvalue weighted by atomic mass is 9.95. The quantitative estimate of drug-likeness (QED) is 0.696. The summed E-state index contributed by atoms with van der Waals surface area (Å²) in [6.07, 6.45) is 6.74. The SMILES string of the molecule is CNC(C)(CCCCN1CCC2CCC(C1)N2C)C(=O)O. The fraction of sp³-hybridized carbons (Fsp3) is 0.938. The van der Waals surface area contributed by atoms with Crippen molar-refractivity contribution in [1.82, 2.24) is 15.1 Å². The maximum Gasteiger partial charge on any atom is 0.323 e. The van der Waals surface area contributed by atoms with E-state index in [1.54, 1.807) is 14.0 Å². The van der Waals surface area contributed by atoms with Crippen molar-refractivity contribution in [3.63, 3.8) is 0 Å². The van der Waals surface area contributed by atoms with Crippen molar-refractivity contribution in [2.45, 2.75) is 63.1 Å². The highest BCUT2D eigenvalue weighted by atomic mass is 16.4. The van der Waals surface area contributed by atoms with Gasteiger partial charge in [0.25, 0.3) is 0 Å². The number of carbonyl (C=O) groups is 1. The first-order chi connectivity index (χ1) is 9.96. The minimum atomic E-state index is -0.780. The minimum absolute atomic E-state index is 0.693. The van der Waals surface area contributed by atoms with Gasteiger partial charge in [-0.3, -0.25) is 9.69 Å². The Balaban J connectivity index is 1.71. The van der Waals surface area contributed by atoms with Gasteiger partial charge in [0.1, 0.15) is 5.54 Å². The van der Waals surface area contributed by atoms with Crippen LogP contribution in [-0.4, -0.2) is 72.2 Å². The first kappa shape index (κ1) is 16.7. The summed E-state index contributed by atoms with van der Waals surface area (Å²) in [4.78, 5) is 16.4. The topological polar surface area (TPSA) is 55.8 Å². The number of hydrogen-bond donors (Lipinski definition) is 2. The average Bonchev–Trinajstić information content (AvgIpc) is 2.70. The van der Waals surface area contributed by atoms with Gasteiger partial charge in [0.2, 0.25) is 0 Å². The van der Waals surface area contributed by atoms with Crippen molar-refractivity contribution in [1.29, 1.82) is 0 Å². The molecule has 2 saturated heterocycles. The zero-order valence-corrected chi connectivity index (χ0v) is 13.8. The fourth-order valence-corrected chi connectivity index (χ4v) is 3.74. The molecule has 0 amide bonds. The van der Waals surface area contributed by atoms with Gasteiger partial charge in [-0.25, -0.2) is 0 Å². The van der Waals surface area contributed by atoms with Crippen LogP contribution in [0.5, 0.6) is 0 Å². The number of carboxylic acid groups (broad SMARTS) is 1. The van der Waals surface area contributed by atoms with E-state index in [9.17, 15) is 9.90 Å². The summed E-state index contributed by atoms with van der Waals surface area (Å²) in [6.45, 7) is 5.27. The normalized spacial score (nSPS) is 30.0. The molecule has 2 heterocycles. The van der Waals surface area contributed by atoms with Crippen molar-refractivity contribution in [2.75, 3.05) is 33.7 Å². The van der Waals surface area contributed by atoms with Gasteiger partial charge in [-0.05, 0) is 72.6 Å². The number of nitrogens with one attached hydrogen (secondary N) is 1. The number of likely N-dealkylation sites (N-methyl/N-ethyl adjacent to an activating group) is 2. The summed E-state index contributed by atoms with van der Waals surface area (Å²) in [5.74, 6) is -0.751. The number of aliphatic carboxylic acids is 1. The Bertz CT molecular complexity index is 363. The van der Waals surface area contributed by atoms with Crippen molar-refractivity contribution in [2.24, 2.45) is 0 Å². The summed E-state index contributed by atoms with van der Waals surface area (Å²) in [6, 6.07) is 1.53. The zero-order chi connectivity index (χ0) is 15.5. The number of hydrogen-bond acceptors (Lipinski definition) is 4. The second-order valence-corrected chi connectivity index (χ2v) is 6.98. The molecule has 2 fully saturated rings. The van der Waals surface area contributed by atoms with Gasteiger partial charge in [-0.1, -0.05) is 0 Å². The highest BCUT2D eigenvalue weighted by molar-refractivity contribution is 5.78. The molecule has 0 aromatic carbocycles. The lowest BCUT2D eigenvalue weighted by molar-refractivity contribution is -0.144. The van der Waals surface area contributed by atoms with Crippen LogP contribution < -0.4 is 5.32 Å². The lowest BCUT2D eigenvalue weighted by Crippen LogP contribution is -2.47. The molecule has 2 bridgehead atoms. The van der Waals surface area contributed by atoms with Gasteiger partial charge in [0, 0.05) is 18.6 Å². The molecule has 5 nitrogen and oxygen atoms in total. The van der Waals surface area contributed by atoms with Gasteiger partial charge >= 0.3 is 5.97 Å². The van der Waals surface area contributed by atoms with Crippen molar-refractivity contribution in [3.8, 4) is 0 Å². The Morgan fingerprint density at radius 1 is 1.29 bits per heavy atom. The molecule has 0 aromatic rings. The highest BCUT2D eigenvalue weighted by Crippen LogP contribution is 2.28. The van der Waals surface area contributed by atoms with E-state index >= 15 is 0 Å². The fourth-order valence-electron chi connectivity index (χ4n) is 3.74. The van der Waals surface area contributed by atoms with E-state index in [1.807, 2.05) is 0 Å². The predicted octanol–water partition coefficient (Wildman–Crippen LogP) is 1.39. The van der Waals surface area contributed by atoms with Crippen LogP contribution in [0.4, 0.5) is 0 Å². The van der Waals surface area contributed by atoms with E-state index in [0.717, 1.165) is 31.5 Å². The Hall–Kier alpha value is -0.650. The molecular weight excluding hydrogens is 266 g/mol. The maximum atomic E-state index is 11.2. The second kappa shape index (κ2) is 7.07. The Kier molecular flexibility index (Phi) is 5.63. The number of unbranched alkanes of at least 4 members (excludes halogenated alkanes) is 1. The molecule has 0 radical (unpaired) electrons. The van der Waals surface area contributed by atoms with Gasteiger partial charge in [-0.15, -0.1) is 0 Å². The highest BCUT2D eigenvalue weighted by Gasteiger charge is 2.34. The molecule has 122 valence electrons. The summed E-state index contributed by atoms with van der Waals surface area (Å²) in [5.41, 5.74) is -0.780. The average molecular weight is 297 g/mol. The minimum Gasteiger partial charge on any atom is -0.480 e. The summed E-state index contributed by atoms with van der Waals surface area (Å²) >= 11 is 0. The van der Waals surface area contributed by atoms with Crippen molar-refractivity contribution >= 4 is 5.97 Å². The van der Waals surface area contributed by atoms with Gasteiger partial charge < -0.3 is 15.3 Å². The van der Waals surface area contributed by atoms with Crippen LogP contribution in [0.15, 0.2) is 0 Å². The summed E-state index contributed by atoms with van der Waals surface area (Å²) in [7, 11) is 4.01. The number of fused-ring (bicyclic) bond motifs is 2. The molecule has 2 aliphatic heterocycles. The van der Waals surface area contributed by atoms with E-state index in [-0.39, 0.29) is 0 Å². The molecule has 0 aromatic heterocycles. The summed E-state index contributed by atoms with van der Waals surface area (Å²) < 4.78 is 0. The van der Waals surface area contributed by atoms with E-state index < -0.39 is 11.5 Å². The molecule has 2 aliphatic rings. The third-order valence-corrected chi connectivity index (χ3v) is 5.66. The van der Waals surface area contributed by atoms with Crippen molar-refractivity contribution < 1.29 is 9.90 Å². The van der Waals surface area contributed by atoms with Crippen LogP contribution in [0.1, 0.15) is 45.4 Å². The standard InChI is InChI=1S/C16H31N3O2/c1-16(17-2,15(20)21)9-4-5-10-19-11-8-13-6-7-14(12-19)18(13)3/h13-14,17H,4-12H2,1-3H3,(H,20,21). The first-order valence-corrected chi connectivity index (χ1v) is 8.33. The summed E-state index contributed by atoms with van der Waals surface area (Å²) in [5, 5.41) is 12.2. The monoisotopic (exact) mass is 297 g/mol. The van der Waals surface area contributed by atoms with Gasteiger partial charge in [0.05, 0.1) is 0 Å². The van der Waals surface area contributed by atoms with Crippen LogP contribution >= 0.6 is 0 Å². The van der Waals surface area contributed by atoms with Crippen molar-refractivity contribution in [3.05, 3.63) is 0 Å².